The van der Waals surface area contributed by atoms with Crippen molar-refractivity contribution in [3.05, 3.63) is 23.5 Å². The number of allylic oxidation sites excluding steroid dienone is 1. The zero-order valence-electron chi connectivity index (χ0n) is 11.8. The van der Waals surface area contributed by atoms with E-state index in [1.54, 1.807) is 13.0 Å². The molecule has 3 aliphatic heterocycles. The van der Waals surface area contributed by atoms with Crippen LogP contribution in [0.1, 0.15) is 19.8 Å². The second-order valence-electron chi connectivity index (χ2n) is 5.84. The molecule has 5 atom stereocenters. The van der Waals surface area contributed by atoms with Gasteiger partial charge in [0, 0.05) is 5.92 Å². The summed E-state index contributed by atoms with van der Waals surface area (Å²) in [6.07, 6.45) is 3.73. The fourth-order valence-corrected chi connectivity index (χ4v) is 4.26. The van der Waals surface area contributed by atoms with Crippen LogP contribution in [-0.2, 0) is 28.5 Å². The average molecular weight is 292 g/mol. The molecule has 21 heavy (non-hydrogen) atoms. The molecule has 6 heteroatoms. The predicted molar refractivity (Wildman–Crippen MR) is 68.6 cm³/mol. The van der Waals surface area contributed by atoms with Gasteiger partial charge in [0.15, 0.2) is 5.60 Å². The summed E-state index contributed by atoms with van der Waals surface area (Å²) in [5, 5.41) is 0. The van der Waals surface area contributed by atoms with Gasteiger partial charge in [-0.15, -0.1) is 0 Å². The molecule has 3 fully saturated rings. The van der Waals surface area contributed by atoms with Gasteiger partial charge in [0.2, 0.25) is 6.29 Å². The summed E-state index contributed by atoms with van der Waals surface area (Å²) in [5.41, 5.74) is 0.361. The number of esters is 2. The van der Waals surface area contributed by atoms with E-state index in [1.165, 1.54) is 13.4 Å². The number of rotatable bonds is 1. The van der Waals surface area contributed by atoms with Crippen molar-refractivity contribution in [2.75, 3.05) is 7.11 Å². The quantitative estimate of drug-likeness (QED) is 0.532. The first-order valence-corrected chi connectivity index (χ1v) is 7.11. The Labute approximate surface area is 121 Å². The van der Waals surface area contributed by atoms with Crippen molar-refractivity contribution in [2.45, 2.75) is 37.8 Å². The summed E-state index contributed by atoms with van der Waals surface area (Å²) in [7, 11) is 1.35. The number of hydrogen-bond acceptors (Lipinski definition) is 6. The maximum atomic E-state index is 12.0. The van der Waals surface area contributed by atoms with Crippen molar-refractivity contribution in [2.24, 2.45) is 11.8 Å². The van der Waals surface area contributed by atoms with Crippen LogP contribution < -0.4 is 0 Å². The molecule has 3 heterocycles. The van der Waals surface area contributed by atoms with Crippen LogP contribution in [0.2, 0.25) is 0 Å². The van der Waals surface area contributed by atoms with Gasteiger partial charge in [-0.1, -0.05) is 6.08 Å². The molecular weight excluding hydrogens is 276 g/mol. The van der Waals surface area contributed by atoms with Crippen LogP contribution >= 0.6 is 0 Å². The molecule has 4 aliphatic rings. The van der Waals surface area contributed by atoms with Gasteiger partial charge in [-0.05, 0) is 19.8 Å². The molecule has 0 N–H and O–H groups in total. The Hall–Kier alpha value is -1.82. The minimum Gasteiger partial charge on any atom is -0.471 e. The van der Waals surface area contributed by atoms with Crippen LogP contribution in [0.15, 0.2) is 23.5 Å². The zero-order chi connectivity index (χ0) is 14.8. The van der Waals surface area contributed by atoms with E-state index in [0.29, 0.717) is 17.6 Å². The van der Waals surface area contributed by atoms with Crippen LogP contribution in [0, 0.1) is 11.8 Å². The van der Waals surface area contributed by atoms with Crippen molar-refractivity contribution in [3.8, 4) is 0 Å². The van der Waals surface area contributed by atoms with Gasteiger partial charge in [0.1, 0.15) is 6.10 Å². The topological polar surface area (TPSA) is 71.1 Å². The van der Waals surface area contributed by atoms with Crippen molar-refractivity contribution in [1.29, 1.82) is 0 Å². The minimum absolute atomic E-state index is 0.0507. The lowest BCUT2D eigenvalue weighted by molar-refractivity contribution is -0.154. The largest absolute Gasteiger partial charge is 0.471 e. The highest BCUT2D eigenvalue weighted by atomic mass is 16.7. The highest BCUT2D eigenvalue weighted by Gasteiger charge is 2.72. The Bertz CT molecular complexity index is 591. The molecule has 4 rings (SSSR count). The molecule has 112 valence electrons. The predicted octanol–water partition coefficient (Wildman–Crippen LogP) is 1.07. The summed E-state index contributed by atoms with van der Waals surface area (Å²) in [4.78, 5) is 23.9. The van der Waals surface area contributed by atoms with E-state index in [9.17, 15) is 9.59 Å². The third kappa shape index (κ3) is 1.41. The second kappa shape index (κ2) is 4.10. The van der Waals surface area contributed by atoms with Gasteiger partial charge in [0.05, 0.1) is 30.4 Å². The van der Waals surface area contributed by atoms with E-state index >= 15 is 0 Å². The molecule has 0 aromatic rings. The molecule has 1 spiro atoms. The lowest BCUT2D eigenvalue weighted by atomic mass is 9.80. The SMILES string of the molecule is CC=C1C(=O)OC23CCC4C(C(=O)OC)=COC(OC12)C43. The molecule has 0 aromatic carbocycles. The molecule has 2 saturated heterocycles. The molecule has 5 unspecified atom stereocenters. The minimum atomic E-state index is -0.693. The van der Waals surface area contributed by atoms with Crippen LogP contribution in [-0.4, -0.2) is 37.0 Å². The van der Waals surface area contributed by atoms with Gasteiger partial charge < -0.3 is 18.9 Å². The third-order valence-corrected chi connectivity index (χ3v) is 5.11. The zero-order valence-corrected chi connectivity index (χ0v) is 11.8. The lowest BCUT2D eigenvalue weighted by Crippen LogP contribution is -2.43. The summed E-state index contributed by atoms with van der Waals surface area (Å²) in [6, 6.07) is 0. The van der Waals surface area contributed by atoms with Gasteiger partial charge in [0.25, 0.3) is 0 Å². The highest BCUT2D eigenvalue weighted by molar-refractivity contribution is 5.94. The Kier molecular flexibility index (Phi) is 2.52. The van der Waals surface area contributed by atoms with E-state index in [4.69, 9.17) is 18.9 Å². The molecule has 0 aromatic heterocycles. The number of ether oxygens (including phenoxy) is 4. The summed E-state index contributed by atoms with van der Waals surface area (Å²) in [6.45, 7) is 1.80. The summed E-state index contributed by atoms with van der Waals surface area (Å²) in [5.74, 6) is -0.918. The summed E-state index contributed by atoms with van der Waals surface area (Å²) < 4.78 is 22.0. The monoisotopic (exact) mass is 292 g/mol. The van der Waals surface area contributed by atoms with Gasteiger partial charge in [-0.2, -0.15) is 0 Å². The van der Waals surface area contributed by atoms with Crippen molar-refractivity contribution in [1.82, 2.24) is 0 Å². The molecule has 0 radical (unpaired) electrons. The van der Waals surface area contributed by atoms with E-state index in [1.807, 2.05) is 0 Å². The average Bonchev–Trinajstić information content (AvgIpc) is 3.08. The Morgan fingerprint density at radius 1 is 1.52 bits per heavy atom. The van der Waals surface area contributed by atoms with Crippen molar-refractivity contribution >= 4 is 11.9 Å². The molecule has 1 saturated carbocycles. The molecular formula is C15H16O6. The van der Waals surface area contributed by atoms with Gasteiger partial charge >= 0.3 is 11.9 Å². The first kappa shape index (κ1) is 12.9. The summed E-state index contributed by atoms with van der Waals surface area (Å²) >= 11 is 0. The van der Waals surface area contributed by atoms with Crippen molar-refractivity contribution in [3.63, 3.8) is 0 Å². The number of carbonyl (C=O) groups excluding carboxylic acids is 2. The second-order valence-corrected chi connectivity index (χ2v) is 5.84. The molecule has 1 aliphatic carbocycles. The van der Waals surface area contributed by atoms with E-state index in [2.05, 4.69) is 0 Å². The van der Waals surface area contributed by atoms with E-state index < -0.39 is 24.0 Å². The van der Waals surface area contributed by atoms with Crippen LogP contribution in [0.5, 0.6) is 0 Å². The van der Waals surface area contributed by atoms with Crippen molar-refractivity contribution < 1.29 is 28.5 Å². The number of hydrogen-bond donors (Lipinski definition) is 0. The van der Waals surface area contributed by atoms with Crippen LogP contribution in [0.4, 0.5) is 0 Å². The van der Waals surface area contributed by atoms with Crippen LogP contribution in [0.25, 0.3) is 0 Å². The van der Waals surface area contributed by atoms with Gasteiger partial charge in [-0.25, -0.2) is 9.59 Å². The maximum absolute atomic E-state index is 12.0. The van der Waals surface area contributed by atoms with E-state index in [-0.39, 0.29) is 17.8 Å². The first-order chi connectivity index (χ1) is 10.1. The molecule has 6 nitrogen and oxygen atoms in total. The van der Waals surface area contributed by atoms with E-state index in [0.717, 1.165) is 6.42 Å². The molecule has 0 bridgehead atoms. The third-order valence-electron chi connectivity index (χ3n) is 5.11. The highest BCUT2D eigenvalue weighted by Crippen LogP contribution is 2.61. The van der Waals surface area contributed by atoms with Crippen LogP contribution in [0.3, 0.4) is 0 Å². The first-order valence-electron chi connectivity index (χ1n) is 7.11. The molecule has 0 amide bonds. The number of carbonyl (C=O) groups is 2. The maximum Gasteiger partial charge on any atom is 0.337 e. The Morgan fingerprint density at radius 2 is 2.33 bits per heavy atom. The Balaban J connectivity index is 1.75. The number of methoxy groups -OCH3 is 1. The fraction of sp³-hybridized carbons (Fsp3) is 0.600. The smallest absolute Gasteiger partial charge is 0.337 e. The standard InChI is InChI=1S/C15H16O6/c1-3-7-11-15(21-13(7)17)5-4-8-9(12(16)18-2)6-19-14(20-11)10(8)15/h3,6,8,10-11,14H,4-5H2,1-2H3. The normalized spacial score (nSPS) is 44.8. The lowest BCUT2D eigenvalue weighted by Gasteiger charge is -2.32. The fourth-order valence-electron chi connectivity index (χ4n) is 4.26. The Morgan fingerprint density at radius 3 is 3.05 bits per heavy atom. The van der Waals surface area contributed by atoms with Gasteiger partial charge in [-0.3, -0.25) is 0 Å².